The number of ether oxygens (including phenoxy) is 2. The largest absolute Gasteiger partial charge is 0.507 e. The molecule has 0 bridgehead atoms. The molecule has 1 amide bonds. The fourth-order valence-electron chi connectivity index (χ4n) is 4.22. The molecule has 1 atom stereocenters. The molecule has 5 rings (SSSR count). The van der Waals surface area contributed by atoms with Crippen LogP contribution < -0.4 is 14.4 Å². The van der Waals surface area contributed by atoms with Crippen molar-refractivity contribution in [1.82, 2.24) is 4.98 Å². The van der Waals surface area contributed by atoms with E-state index in [0.717, 1.165) is 16.9 Å². The van der Waals surface area contributed by atoms with Crippen LogP contribution in [0.2, 0.25) is 0 Å². The minimum atomic E-state index is -1.00. The van der Waals surface area contributed by atoms with Crippen LogP contribution in [0.3, 0.4) is 0 Å². The third-order valence-electron chi connectivity index (χ3n) is 6.04. The summed E-state index contributed by atoms with van der Waals surface area (Å²) in [5.41, 5.74) is 2.29. The number of ketones is 1. The van der Waals surface area contributed by atoms with Crippen molar-refractivity contribution in [2.75, 3.05) is 19.1 Å². The molecular weight excluding hydrogens is 483 g/mol. The van der Waals surface area contributed by atoms with Gasteiger partial charge in [-0.25, -0.2) is 9.37 Å². The number of hydrogen-bond acceptors (Lipinski definition) is 7. The smallest absolute Gasteiger partial charge is 0.301 e. The Kier molecular flexibility index (Phi) is 5.93. The van der Waals surface area contributed by atoms with Crippen molar-refractivity contribution in [2.45, 2.75) is 13.0 Å². The number of aliphatic hydroxyl groups excluding tert-OH is 1. The van der Waals surface area contributed by atoms with Crippen molar-refractivity contribution >= 4 is 44.1 Å². The lowest BCUT2D eigenvalue weighted by Gasteiger charge is -2.23. The van der Waals surface area contributed by atoms with E-state index in [0.29, 0.717) is 32.8 Å². The van der Waals surface area contributed by atoms with Gasteiger partial charge in [-0.3, -0.25) is 14.5 Å². The van der Waals surface area contributed by atoms with Gasteiger partial charge in [0, 0.05) is 5.56 Å². The van der Waals surface area contributed by atoms with Crippen LogP contribution in [0, 0.1) is 12.7 Å². The number of carbonyl (C=O) groups is 2. The molecule has 1 aliphatic rings. The van der Waals surface area contributed by atoms with E-state index in [-0.39, 0.29) is 16.5 Å². The van der Waals surface area contributed by atoms with E-state index in [9.17, 15) is 19.1 Å². The fourth-order valence-corrected chi connectivity index (χ4v) is 5.24. The van der Waals surface area contributed by atoms with Crippen LogP contribution in [0.4, 0.5) is 9.52 Å². The summed E-state index contributed by atoms with van der Waals surface area (Å²) in [7, 11) is 2.98. The summed E-state index contributed by atoms with van der Waals surface area (Å²) in [4.78, 5) is 32.5. The molecule has 7 nitrogen and oxygen atoms in total. The number of amides is 1. The first-order chi connectivity index (χ1) is 17.3. The lowest BCUT2D eigenvalue weighted by Crippen LogP contribution is -2.29. The third-order valence-corrected chi connectivity index (χ3v) is 7.06. The Morgan fingerprint density at radius 1 is 1.00 bits per heavy atom. The van der Waals surface area contributed by atoms with Crippen LogP contribution in [0.15, 0.2) is 66.2 Å². The molecule has 1 aromatic heterocycles. The van der Waals surface area contributed by atoms with Gasteiger partial charge < -0.3 is 14.6 Å². The lowest BCUT2D eigenvalue weighted by atomic mass is 9.95. The Labute approximate surface area is 210 Å². The van der Waals surface area contributed by atoms with Crippen LogP contribution in [0.25, 0.3) is 16.0 Å². The molecule has 9 heteroatoms. The third kappa shape index (κ3) is 3.87. The van der Waals surface area contributed by atoms with E-state index in [1.165, 1.54) is 37.3 Å². The van der Waals surface area contributed by atoms with Crippen LogP contribution in [-0.2, 0) is 9.59 Å². The zero-order valence-electron chi connectivity index (χ0n) is 19.6. The van der Waals surface area contributed by atoms with Gasteiger partial charge in [0.1, 0.15) is 11.6 Å². The number of benzene rings is 3. The number of anilines is 1. The number of hydrogen-bond donors (Lipinski definition) is 1. The second kappa shape index (κ2) is 9.09. The SMILES string of the molecule is COc1ccc(C2/C(=C(\O)c3ccc(C)cc3)C(=O)C(=O)N2c2nc3ccc(F)cc3s2)cc1OC. The highest BCUT2D eigenvalue weighted by molar-refractivity contribution is 7.22. The van der Waals surface area contributed by atoms with Gasteiger partial charge in [-0.2, -0.15) is 0 Å². The Morgan fingerprint density at radius 2 is 1.72 bits per heavy atom. The molecule has 1 fully saturated rings. The second-order valence-electron chi connectivity index (χ2n) is 8.26. The summed E-state index contributed by atoms with van der Waals surface area (Å²) in [6.45, 7) is 1.91. The molecule has 1 aliphatic heterocycles. The van der Waals surface area contributed by atoms with Crippen LogP contribution in [-0.4, -0.2) is 36.0 Å². The first-order valence-electron chi connectivity index (χ1n) is 11.0. The summed E-state index contributed by atoms with van der Waals surface area (Å²) in [5, 5.41) is 11.5. The minimum absolute atomic E-state index is 0.0819. The number of thiazole rings is 1. The lowest BCUT2D eigenvalue weighted by molar-refractivity contribution is -0.132. The average Bonchev–Trinajstić information content (AvgIpc) is 3.41. The number of halogens is 1. The highest BCUT2D eigenvalue weighted by Gasteiger charge is 2.48. The van der Waals surface area contributed by atoms with Gasteiger partial charge in [0.15, 0.2) is 16.6 Å². The molecule has 36 heavy (non-hydrogen) atoms. The normalized spacial score (nSPS) is 17.1. The van der Waals surface area contributed by atoms with Gasteiger partial charge in [0.2, 0.25) is 0 Å². The maximum atomic E-state index is 13.8. The molecule has 4 aromatic rings. The zero-order valence-corrected chi connectivity index (χ0v) is 20.4. The van der Waals surface area contributed by atoms with Gasteiger partial charge in [0.25, 0.3) is 5.78 Å². The highest BCUT2D eigenvalue weighted by atomic mass is 32.1. The number of Topliss-reactive ketones (excluding diaryl/α,β-unsaturated/α-hetero) is 1. The predicted molar refractivity (Wildman–Crippen MR) is 135 cm³/mol. The second-order valence-corrected chi connectivity index (χ2v) is 9.27. The quantitative estimate of drug-likeness (QED) is 0.223. The van der Waals surface area contributed by atoms with Gasteiger partial charge in [-0.15, -0.1) is 0 Å². The molecule has 1 saturated heterocycles. The van der Waals surface area contributed by atoms with Crippen molar-refractivity contribution in [2.24, 2.45) is 0 Å². The summed E-state index contributed by atoms with van der Waals surface area (Å²) in [6, 6.07) is 15.1. The molecule has 1 unspecified atom stereocenters. The molecule has 0 radical (unpaired) electrons. The number of rotatable bonds is 5. The topological polar surface area (TPSA) is 89.0 Å². The van der Waals surface area contributed by atoms with Gasteiger partial charge in [0.05, 0.1) is 36.1 Å². The van der Waals surface area contributed by atoms with Crippen molar-refractivity contribution in [1.29, 1.82) is 0 Å². The summed E-state index contributed by atoms with van der Waals surface area (Å²) in [6.07, 6.45) is 0. The van der Waals surface area contributed by atoms with E-state index in [4.69, 9.17) is 9.47 Å². The number of carbonyl (C=O) groups excluding carboxylic acids is 2. The highest BCUT2D eigenvalue weighted by Crippen LogP contribution is 2.45. The Bertz CT molecular complexity index is 1540. The van der Waals surface area contributed by atoms with Gasteiger partial charge >= 0.3 is 5.91 Å². The molecule has 0 spiro atoms. The number of aliphatic hydroxyl groups is 1. The number of methoxy groups -OCH3 is 2. The Hall–Kier alpha value is -4.24. The first kappa shape index (κ1) is 23.5. The number of aryl methyl sites for hydroxylation is 1. The van der Waals surface area contributed by atoms with Crippen LogP contribution >= 0.6 is 11.3 Å². The molecule has 0 saturated carbocycles. The minimum Gasteiger partial charge on any atom is -0.507 e. The van der Waals surface area contributed by atoms with Crippen molar-refractivity contribution in [3.8, 4) is 11.5 Å². The van der Waals surface area contributed by atoms with E-state index in [2.05, 4.69) is 4.98 Å². The monoisotopic (exact) mass is 504 g/mol. The molecule has 182 valence electrons. The maximum absolute atomic E-state index is 13.8. The van der Waals surface area contributed by atoms with Gasteiger partial charge in [-0.05, 0) is 42.8 Å². The number of nitrogens with zero attached hydrogens (tertiary/aromatic N) is 2. The molecule has 3 aromatic carbocycles. The Balaban J connectivity index is 1.75. The standard InChI is InChI=1S/C27H21FN2O5S/c1-14-4-6-15(7-5-14)24(31)22-23(16-8-11-19(34-2)20(12-16)35-3)30(26(33)25(22)32)27-29-18-10-9-17(28)13-21(18)36-27/h4-13,23,31H,1-3H3/b24-22+. The van der Waals surface area contributed by atoms with Crippen LogP contribution in [0.1, 0.15) is 22.7 Å². The number of aromatic nitrogens is 1. The fraction of sp³-hybridized carbons (Fsp3) is 0.148. The summed E-state index contributed by atoms with van der Waals surface area (Å²) in [5.74, 6) is -1.57. The van der Waals surface area contributed by atoms with Crippen LogP contribution in [0.5, 0.6) is 11.5 Å². The van der Waals surface area contributed by atoms with E-state index in [1.807, 2.05) is 6.92 Å². The molecule has 1 N–H and O–H groups in total. The average molecular weight is 505 g/mol. The van der Waals surface area contributed by atoms with Crippen molar-refractivity contribution in [3.63, 3.8) is 0 Å². The number of fused-ring (bicyclic) bond motifs is 1. The maximum Gasteiger partial charge on any atom is 0.301 e. The molecule has 2 heterocycles. The van der Waals surface area contributed by atoms with E-state index in [1.54, 1.807) is 42.5 Å². The predicted octanol–water partition coefficient (Wildman–Crippen LogP) is 5.39. The molecule has 0 aliphatic carbocycles. The van der Waals surface area contributed by atoms with Crippen molar-refractivity contribution < 1.29 is 28.6 Å². The van der Waals surface area contributed by atoms with E-state index >= 15 is 0 Å². The van der Waals surface area contributed by atoms with Crippen molar-refractivity contribution in [3.05, 3.63) is 88.7 Å². The first-order valence-corrected chi connectivity index (χ1v) is 11.8. The molecular formula is C27H21FN2O5S. The van der Waals surface area contributed by atoms with E-state index < -0.39 is 23.5 Å². The Morgan fingerprint density at radius 3 is 2.42 bits per heavy atom. The van der Waals surface area contributed by atoms with Gasteiger partial charge in [-0.1, -0.05) is 47.2 Å². The summed E-state index contributed by atoms with van der Waals surface area (Å²) < 4.78 is 25.1. The summed E-state index contributed by atoms with van der Waals surface area (Å²) >= 11 is 1.08. The zero-order chi connectivity index (χ0) is 25.6.